The first-order valence-corrected chi connectivity index (χ1v) is 5.28. The fourth-order valence-electron chi connectivity index (χ4n) is 1.36. The number of rotatable bonds is 2. The van der Waals surface area contributed by atoms with Crippen molar-refractivity contribution in [3.8, 4) is 0 Å². The molecule has 0 atom stereocenters. The minimum absolute atomic E-state index is 0.0625. The lowest BCUT2D eigenvalue weighted by atomic mass is 10.2. The standard InChI is InChI=1S/C12H9ClN2O2/c13-8-2-1-3-9(6-8)15-12(17)10-7-14-5-4-11(10)16/h1-7H,(H,14,16)(H,15,17). The Morgan fingerprint density at radius 3 is 2.82 bits per heavy atom. The number of nitrogens with one attached hydrogen (secondary N) is 2. The van der Waals surface area contributed by atoms with Gasteiger partial charge in [-0.3, -0.25) is 9.59 Å². The molecular formula is C12H9ClN2O2. The Labute approximate surface area is 102 Å². The molecular weight excluding hydrogens is 240 g/mol. The largest absolute Gasteiger partial charge is 0.367 e. The van der Waals surface area contributed by atoms with Gasteiger partial charge in [-0.1, -0.05) is 17.7 Å². The summed E-state index contributed by atoms with van der Waals surface area (Å²) in [5.41, 5.74) is 0.279. The minimum atomic E-state index is -0.464. The van der Waals surface area contributed by atoms with Gasteiger partial charge in [-0.2, -0.15) is 0 Å². The van der Waals surface area contributed by atoms with Crippen LogP contribution in [0.4, 0.5) is 5.69 Å². The molecule has 0 spiro atoms. The highest BCUT2D eigenvalue weighted by atomic mass is 35.5. The molecule has 0 aliphatic rings. The molecule has 0 radical (unpaired) electrons. The fourth-order valence-corrected chi connectivity index (χ4v) is 1.55. The quantitative estimate of drug-likeness (QED) is 0.857. The summed E-state index contributed by atoms with van der Waals surface area (Å²) in [7, 11) is 0. The predicted molar refractivity (Wildman–Crippen MR) is 66.5 cm³/mol. The molecule has 0 saturated heterocycles. The Balaban J connectivity index is 2.23. The first kappa shape index (κ1) is 11.4. The Morgan fingerprint density at radius 2 is 2.12 bits per heavy atom. The van der Waals surface area contributed by atoms with Gasteiger partial charge in [0.1, 0.15) is 5.56 Å². The molecule has 86 valence electrons. The van der Waals surface area contributed by atoms with E-state index in [-0.39, 0.29) is 11.0 Å². The van der Waals surface area contributed by atoms with Crippen LogP contribution in [0.3, 0.4) is 0 Å². The summed E-state index contributed by atoms with van der Waals surface area (Å²) in [6, 6.07) is 8.02. The zero-order chi connectivity index (χ0) is 12.3. The molecule has 0 fully saturated rings. The lowest BCUT2D eigenvalue weighted by Crippen LogP contribution is -2.20. The third-order valence-electron chi connectivity index (χ3n) is 2.15. The van der Waals surface area contributed by atoms with Crippen molar-refractivity contribution in [2.75, 3.05) is 5.32 Å². The number of benzene rings is 1. The topological polar surface area (TPSA) is 62.0 Å². The first-order chi connectivity index (χ1) is 8.16. The number of amides is 1. The average Bonchev–Trinajstić information content (AvgIpc) is 2.29. The van der Waals surface area contributed by atoms with Crippen LogP contribution in [0.5, 0.6) is 0 Å². The smallest absolute Gasteiger partial charge is 0.261 e. The summed E-state index contributed by atoms with van der Waals surface area (Å²) < 4.78 is 0. The van der Waals surface area contributed by atoms with Gasteiger partial charge < -0.3 is 10.3 Å². The highest BCUT2D eigenvalue weighted by Gasteiger charge is 2.09. The number of H-pyrrole nitrogens is 1. The van der Waals surface area contributed by atoms with E-state index < -0.39 is 5.91 Å². The summed E-state index contributed by atoms with van der Waals surface area (Å²) >= 11 is 5.79. The predicted octanol–water partition coefficient (Wildman–Crippen LogP) is 2.28. The van der Waals surface area contributed by atoms with Crippen molar-refractivity contribution in [3.05, 3.63) is 63.5 Å². The first-order valence-electron chi connectivity index (χ1n) is 4.91. The fraction of sp³-hybridized carbons (Fsp3) is 0. The number of hydrogen-bond acceptors (Lipinski definition) is 2. The number of aromatic nitrogens is 1. The summed E-state index contributed by atoms with van der Waals surface area (Å²) in [6.45, 7) is 0. The van der Waals surface area contributed by atoms with Gasteiger partial charge in [0, 0.05) is 29.2 Å². The van der Waals surface area contributed by atoms with Gasteiger partial charge in [0.2, 0.25) is 0 Å². The van der Waals surface area contributed by atoms with Gasteiger partial charge in [-0.15, -0.1) is 0 Å². The maximum Gasteiger partial charge on any atom is 0.261 e. The van der Waals surface area contributed by atoms with Crippen molar-refractivity contribution in [2.45, 2.75) is 0 Å². The molecule has 4 nitrogen and oxygen atoms in total. The highest BCUT2D eigenvalue weighted by Crippen LogP contribution is 2.15. The molecule has 1 amide bonds. The molecule has 0 bridgehead atoms. The van der Waals surface area contributed by atoms with Gasteiger partial charge in [0.15, 0.2) is 5.43 Å². The molecule has 1 heterocycles. The third kappa shape index (κ3) is 2.73. The van der Waals surface area contributed by atoms with Gasteiger partial charge in [0.25, 0.3) is 5.91 Å². The number of pyridine rings is 1. The van der Waals surface area contributed by atoms with E-state index in [0.29, 0.717) is 10.7 Å². The summed E-state index contributed by atoms with van der Waals surface area (Å²) in [4.78, 5) is 25.9. The maximum absolute atomic E-state index is 11.8. The van der Waals surface area contributed by atoms with E-state index in [1.165, 1.54) is 18.5 Å². The summed E-state index contributed by atoms with van der Waals surface area (Å²) in [6.07, 6.45) is 2.83. The van der Waals surface area contributed by atoms with E-state index >= 15 is 0 Å². The van der Waals surface area contributed by atoms with Crippen LogP contribution < -0.4 is 10.7 Å². The number of anilines is 1. The van der Waals surface area contributed by atoms with Crippen LogP contribution in [0.1, 0.15) is 10.4 Å². The number of halogens is 1. The Hall–Kier alpha value is -2.07. The molecule has 1 aromatic heterocycles. The van der Waals surface area contributed by atoms with Crippen LogP contribution in [0.2, 0.25) is 5.02 Å². The van der Waals surface area contributed by atoms with Gasteiger partial charge in [0.05, 0.1) is 0 Å². The van der Waals surface area contributed by atoms with Crippen LogP contribution in [0, 0.1) is 0 Å². The number of aromatic amines is 1. The molecule has 0 saturated carbocycles. The Morgan fingerprint density at radius 1 is 1.29 bits per heavy atom. The van der Waals surface area contributed by atoms with Gasteiger partial charge >= 0.3 is 0 Å². The van der Waals surface area contributed by atoms with Gasteiger partial charge in [-0.05, 0) is 18.2 Å². The Kier molecular flexibility index (Phi) is 3.25. The molecule has 1 aromatic carbocycles. The molecule has 2 rings (SSSR count). The van der Waals surface area contributed by atoms with Crippen molar-refractivity contribution in [3.63, 3.8) is 0 Å². The highest BCUT2D eigenvalue weighted by molar-refractivity contribution is 6.30. The number of hydrogen-bond donors (Lipinski definition) is 2. The van der Waals surface area contributed by atoms with E-state index in [1.807, 2.05) is 0 Å². The Bertz CT molecular complexity index is 607. The van der Waals surface area contributed by atoms with Crippen LogP contribution in [-0.2, 0) is 0 Å². The zero-order valence-corrected chi connectivity index (χ0v) is 9.49. The molecule has 17 heavy (non-hydrogen) atoms. The van der Waals surface area contributed by atoms with E-state index in [2.05, 4.69) is 10.3 Å². The molecule has 5 heteroatoms. The number of carbonyl (C=O) groups excluding carboxylic acids is 1. The average molecular weight is 249 g/mol. The van der Waals surface area contributed by atoms with Crippen molar-refractivity contribution >= 4 is 23.2 Å². The third-order valence-corrected chi connectivity index (χ3v) is 2.39. The van der Waals surface area contributed by atoms with Crippen LogP contribution in [-0.4, -0.2) is 10.9 Å². The second kappa shape index (κ2) is 4.84. The second-order valence-electron chi connectivity index (χ2n) is 3.39. The molecule has 0 aliphatic carbocycles. The zero-order valence-electron chi connectivity index (χ0n) is 8.74. The number of carbonyl (C=O) groups is 1. The van der Waals surface area contributed by atoms with E-state index in [4.69, 9.17) is 11.6 Å². The SMILES string of the molecule is O=C(Nc1cccc(Cl)c1)c1c[nH]ccc1=O. The monoisotopic (exact) mass is 248 g/mol. The molecule has 0 unspecified atom stereocenters. The lowest BCUT2D eigenvalue weighted by Gasteiger charge is -2.04. The molecule has 0 aliphatic heterocycles. The lowest BCUT2D eigenvalue weighted by molar-refractivity contribution is 0.102. The normalized spacial score (nSPS) is 9.94. The van der Waals surface area contributed by atoms with Crippen LogP contribution in [0.15, 0.2) is 47.5 Å². The van der Waals surface area contributed by atoms with Crippen LogP contribution >= 0.6 is 11.6 Å². The van der Waals surface area contributed by atoms with E-state index in [0.717, 1.165) is 0 Å². The molecule has 2 aromatic rings. The summed E-state index contributed by atoms with van der Waals surface area (Å²) in [5, 5.41) is 3.11. The van der Waals surface area contributed by atoms with Crippen molar-refractivity contribution in [2.24, 2.45) is 0 Å². The minimum Gasteiger partial charge on any atom is -0.367 e. The van der Waals surface area contributed by atoms with Crippen LogP contribution in [0.25, 0.3) is 0 Å². The van der Waals surface area contributed by atoms with Gasteiger partial charge in [-0.25, -0.2) is 0 Å². The van der Waals surface area contributed by atoms with Crippen molar-refractivity contribution in [1.29, 1.82) is 0 Å². The van der Waals surface area contributed by atoms with E-state index in [1.54, 1.807) is 24.3 Å². The summed E-state index contributed by atoms with van der Waals surface area (Å²) in [5.74, 6) is -0.464. The maximum atomic E-state index is 11.8. The molecule has 2 N–H and O–H groups in total. The second-order valence-corrected chi connectivity index (χ2v) is 3.82. The van der Waals surface area contributed by atoms with Crippen molar-refractivity contribution < 1.29 is 4.79 Å². The van der Waals surface area contributed by atoms with Crippen molar-refractivity contribution in [1.82, 2.24) is 4.98 Å². The van der Waals surface area contributed by atoms with E-state index in [9.17, 15) is 9.59 Å².